The van der Waals surface area contributed by atoms with Crippen molar-refractivity contribution in [3.8, 4) is 11.5 Å². The summed E-state index contributed by atoms with van der Waals surface area (Å²) in [4.78, 5) is 0. The maximum absolute atomic E-state index is 8.65. The average Bonchev–Trinajstić information content (AvgIpc) is 2.48. The first-order chi connectivity index (χ1) is 9.74. The molecule has 2 aromatic rings. The molecule has 0 spiro atoms. The normalized spacial score (nSPS) is 10.7. The van der Waals surface area contributed by atoms with Gasteiger partial charge in [0.2, 0.25) is 0 Å². The zero-order chi connectivity index (χ0) is 14.4. The van der Waals surface area contributed by atoms with Crippen LogP contribution >= 0.6 is 15.9 Å². The molecule has 104 valence electrons. The predicted octanol–water partition coefficient (Wildman–Crippen LogP) is 3.84. The van der Waals surface area contributed by atoms with Gasteiger partial charge in [-0.2, -0.15) is 0 Å². The Bertz CT molecular complexity index is 600. The van der Waals surface area contributed by atoms with Gasteiger partial charge in [0.25, 0.3) is 0 Å². The third-order valence-electron chi connectivity index (χ3n) is 2.72. The van der Waals surface area contributed by atoms with Crippen molar-refractivity contribution in [2.75, 3.05) is 7.11 Å². The van der Waals surface area contributed by atoms with Crippen molar-refractivity contribution in [1.29, 1.82) is 0 Å². The van der Waals surface area contributed by atoms with E-state index in [0.717, 1.165) is 10.0 Å². The van der Waals surface area contributed by atoms with Crippen molar-refractivity contribution in [1.82, 2.24) is 0 Å². The van der Waals surface area contributed by atoms with Gasteiger partial charge in [0.15, 0.2) is 11.5 Å². The molecule has 0 saturated carbocycles. The predicted molar refractivity (Wildman–Crippen MR) is 80.8 cm³/mol. The second-order valence-electron chi connectivity index (χ2n) is 4.04. The van der Waals surface area contributed by atoms with Crippen molar-refractivity contribution >= 4 is 22.1 Å². The van der Waals surface area contributed by atoms with E-state index >= 15 is 0 Å². The number of rotatable bonds is 5. The first-order valence-corrected chi connectivity index (χ1v) is 6.75. The van der Waals surface area contributed by atoms with Crippen molar-refractivity contribution in [3.63, 3.8) is 0 Å². The molecule has 0 saturated heterocycles. The molecular formula is C15H14BrNO3. The number of nitrogens with zero attached hydrogens (tertiary/aromatic N) is 1. The maximum atomic E-state index is 8.65. The van der Waals surface area contributed by atoms with Crippen molar-refractivity contribution < 1.29 is 14.7 Å². The summed E-state index contributed by atoms with van der Waals surface area (Å²) in [6.07, 6.45) is 1.33. The molecule has 0 amide bonds. The molecule has 0 aliphatic heterocycles. The standard InChI is InChI=1S/C15H14BrNO3/c1-19-14-8-13(16)12(9-17-18)7-15(14)20-10-11-5-3-2-4-6-11/h2-9,18H,10H2,1H3. The average molecular weight is 336 g/mol. The van der Waals surface area contributed by atoms with Gasteiger partial charge in [0, 0.05) is 10.0 Å². The monoisotopic (exact) mass is 335 g/mol. The molecule has 2 rings (SSSR count). The Balaban J connectivity index is 2.23. The SMILES string of the molecule is COc1cc(Br)c(C=NO)cc1OCc1ccccc1. The van der Waals surface area contributed by atoms with Crippen LogP contribution in [0, 0.1) is 0 Å². The maximum Gasteiger partial charge on any atom is 0.162 e. The highest BCUT2D eigenvalue weighted by Gasteiger charge is 2.09. The summed E-state index contributed by atoms with van der Waals surface area (Å²) < 4.78 is 11.8. The van der Waals surface area contributed by atoms with E-state index < -0.39 is 0 Å². The molecular weight excluding hydrogens is 322 g/mol. The number of halogens is 1. The second kappa shape index (κ2) is 6.96. The molecule has 0 heterocycles. The van der Waals surface area contributed by atoms with Crippen LogP contribution in [0.5, 0.6) is 11.5 Å². The van der Waals surface area contributed by atoms with E-state index in [4.69, 9.17) is 14.7 Å². The highest BCUT2D eigenvalue weighted by atomic mass is 79.9. The van der Waals surface area contributed by atoms with Crippen LogP contribution in [0.15, 0.2) is 52.1 Å². The van der Waals surface area contributed by atoms with Crippen LogP contribution in [0.1, 0.15) is 11.1 Å². The molecule has 4 nitrogen and oxygen atoms in total. The largest absolute Gasteiger partial charge is 0.493 e. The first kappa shape index (κ1) is 14.4. The van der Waals surface area contributed by atoms with Crippen LogP contribution in [0.25, 0.3) is 0 Å². The van der Waals surface area contributed by atoms with Crippen molar-refractivity contribution in [2.24, 2.45) is 5.16 Å². The van der Waals surface area contributed by atoms with Gasteiger partial charge in [-0.3, -0.25) is 0 Å². The van der Waals surface area contributed by atoms with Crippen LogP contribution in [-0.4, -0.2) is 18.5 Å². The molecule has 0 atom stereocenters. The van der Waals surface area contributed by atoms with E-state index in [1.165, 1.54) is 6.21 Å². The smallest absolute Gasteiger partial charge is 0.162 e. The minimum atomic E-state index is 0.439. The van der Waals surface area contributed by atoms with Gasteiger partial charge in [-0.25, -0.2) is 0 Å². The lowest BCUT2D eigenvalue weighted by Crippen LogP contribution is -1.99. The Kier molecular flexibility index (Phi) is 5.01. The van der Waals surface area contributed by atoms with E-state index in [9.17, 15) is 0 Å². The van der Waals surface area contributed by atoms with Gasteiger partial charge in [0.05, 0.1) is 13.3 Å². The minimum absolute atomic E-state index is 0.439. The molecule has 2 aromatic carbocycles. The van der Waals surface area contributed by atoms with Gasteiger partial charge in [-0.05, 0) is 33.6 Å². The molecule has 5 heteroatoms. The molecule has 0 fully saturated rings. The van der Waals surface area contributed by atoms with E-state index in [-0.39, 0.29) is 0 Å². The fourth-order valence-corrected chi connectivity index (χ4v) is 2.14. The Morgan fingerprint density at radius 3 is 2.60 bits per heavy atom. The molecule has 1 N–H and O–H groups in total. The zero-order valence-electron chi connectivity index (χ0n) is 10.9. The Morgan fingerprint density at radius 1 is 1.20 bits per heavy atom. The van der Waals surface area contributed by atoms with Crippen LogP contribution in [0.4, 0.5) is 0 Å². The van der Waals surface area contributed by atoms with Crippen molar-refractivity contribution in [3.05, 3.63) is 58.1 Å². The van der Waals surface area contributed by atoms with Gasteiger partial charge < -0.3 is 14.7 Å². The molecule has 0 aliphatic carbocycles. The summed E-state index contributed by atoms with van der Waals surface area (Å²) >= 11 is 3.38. The summed E-state index contributed by atoms with van der Waals surface area (Å²) in [5.74, 6) is 1.21. The van der Waals surface area contributed by atoms with Gasteiger partial charge in [0.1, 0.15) is 6.61 Å². The number of hydrogen-bond donors (Lipinski definition) is 1. The number of benzene rings is 2. The molecule has 0 unspecified atom stereocenters. The molecule has 0 bridgehead atoms. The number of methoxy groups -OCH3 is 1. The fraction of sp³-hybridized carbons (Fsp3) is 0.133. The lowest BCUT2D eigenvalue weighted by Gasteiger charge is -2.12. The summed E-state index contributed by atoms with van der Waals surface area (Å²) in [5.41, 5.74) is 1.77. The van der Waals surface area contributed by atoms with E-state index in [1.54, 1.807) is 19.2 Å². The van der Waals surface area contributed by atoms with E-state index in [2.05, 4.69) is 21.1 Å². The third-order valence-corrected chi connectivity index (χ3v) is 3.40. The summed E-state index contributed by atoms with van der Waals surface area (Å²) in [5, 5.41) is 11.7. The second-order valence-corrected chi connectivity index (χ2v) is 4.90. The summed E-state index contributed by atoms with van der Waals surface area (Å²) in [6.45, 7) is 0.439. The Hall–Kier alpha value is -2.01. The Labute approximate surface area is 125 Å². The third kappa shape index (κ3) is 3.51. The zero-order valence-corrected chi connectivity index (χ0v) is 12.5. The number of oxime groups is 1. The van der Waals surface area contributed by atoms with Crippen molar-refractivity contribution in [2.45, 2.75) is 6.61 Å². The quantitative estimate of drug-likeness (QED) is 0.513. The van der Waals surface area contributed by atoms with Gasteiger partial charge in [-0.15, -0.1) is 0 Å². The number of ether oxygens (including phenoxy) is 2. The highest BCUT2D eigenvalue weighted by molar-refractivity contribution is 9.10. The van der Waals surface area contributed by atoms with E-state index in [0.29, 0.717) is 23.7 Å². The van der Waals surface area contributed by atoms with Gasteiger partial charge >= 0.3 is 0 Å². The van der Waals surface area contributed by atoms with Crippen LogP contribution in [0.2, 0.25) is 0 Å². The molecule has 0 radical (unpaired) electrons. The Morgan fingerprint density at radius 2 is 1.95 bits per heavy atom. The van der Waals surface area contributed by atoms with Crippen LogP contribution < -0.4 is 9.47 Å². The summed E-state index contributed by atoms with van der Waals surface area (Å²) in [6, 6.07) is 13.4. The lowest BCUT2D eigenvalue weighted by molar-refractivity contribution is 0.284. The molecule has 20 heavy (non-hydrogen) atoms. The lowest BCUT2D eigenvalue weighted by atomic mass is 10.2. The number of hydrogen-bond acceptors (Lipinski definition) is 4. The summed E-state index contributed by atoms with van der Waals surface area (Å²) in [7, 11) is 1.58. The van der Waals surface area contributed by atoms with E-state index in [1.807, 2.05) is 30.3 Å². The fourth-order valence-electron chi connectivity index (χ4n) is 1.72. The topological polar surface area (TPSA) is 51.0 Å². The molecule has 0 aliphatic rings. The van der Waals surface area contributed by atoms with Crippen LogP contribution in [-0.2, 0) is 6.61 Å². The van der Waals surface area contributed by atoms with Gasteiger partial charge in [-0.1, -0.05) is 35.5 Å². The van der Waals surface area contributed by atoms with Crippen LogP contribution in [0.3, 0.4) is 0 Å². The minimum Gasteiger partial charge on any atom is -0.493 e. The highest BCUT2D eigenvalue weighted by Crippen LogP contribution is 2.33. The molecule has 0 aromatic heterocycles. The first-order valence-electron chi connectivity index (χ1n) is 5.96.